The van der Waals surface area contributed by atoms with Crippen LogP contribution in [0, 0.1) is 5.41 Å². The molecule has 32 heavy (non-hydrogen) atoms. The highest BCUT2D eigenvalue weighted by molar-refractivity contribution is 6.34. The van der Waals surface area contributed by atoms with Crippen molar-refractivity contribution in [3.63, 3.8) is 0 Å². The number of carbonyl (C=O) groups is 2. The number of esters is 1. The van der Waals surface area contributed by atoms with Crippen LogP contribution in [-0.4, -0.2) is 35.9 Å². The van der Waals surface area contributed by atoms with Gasteiger partial charge in [-0.2, -0.15) is 0 Å². The van der Waals surface area contributed by atoms with Crippen LogP contribution in [0.2, 0.25) is 10.0 Å². The molecule has 1 N–H and O–H groups in total. The lowest BCUT2D eigenvalue weighted by Crippen LogP contribution is -2.52. The number of hydrogen-bond donors (Lipinski definition) is 1. The molecule has 168 valence electrons. The van der Waals surface area contributed by atoms with Crippen LogP contribution in [-0.2, 0) is 22.4 Å². The molecule has 0 atom stereocenters. The van der Waals surface area contributed by atoms with Crippen molar-refractivity contribution in [1.82, 2.24) is 4.90 Å². The molecule has 2 fully saturated rings. The molecule has 0 radical (unpaired) electrons. The Kier molecular flexibility index (Phi) is 5.81. The molecular formula is C25H26Cl2N2O3. The topological polar surface area (TPSA) is 58.6 Å². The molecule has 7 heteroatoms. The molecule has 1 amide bonds. The maximum Gasteiger partial charge on any atom is 0.315 e. The summed E-state index contributed by atoms with van der Waals surface area (Å²) in [7, 11) is 0. The zero-order valence-electron chi connectivity index (χ0n) is 17.8. The molecule has 2 heterocycles. The van der Waals surface area contributed by atoms with Crippen LogP contribution in [0.3, 0.4) is 0 Å². The van der Waals surface area contributed by atoms with Gasteiger partial charge in [-0.15, -0.1) is 0 Å². The SMILES string of the molecule is O=C1Cc2ccc(NC3CC4(CCN(C(=O)CCc5cc(Cl)cc(Cl)c5)CC4)C3)cc2O1. The number of aryl methyl sites for hydroxylation is 1. The smallest absolute Gasteiger partial charge is 0.315 e. The Balaban J connectivity index is 1.07. The van der Waals surface area contributed by atoms with Crippen LogP contribution in [0.1, 0.15) is 43.2 Å². The van der Waals surface area contributed by atoms with Crippen LogP contribution >= 0.6 is 23.2 Å². The van der Waals surface area contributed by atoms with Gasteiger partial charge in [0.25, 0.3) is 0 Å². The lowest BCUT2D eigenvalue weighted by atomic mass is 9.60. The Bertz CT molecular complexity index is 1030. The highest BCUT2D eigenvalue weighted by atomic mass is 35.5. The summed E-state index contributed by atoms with van der Waals surface area (Å²) < 4.78 is 5.25. The molecule has 5 nitrogen and oxygen atoms in total. The van der Waals surface area contributed by atoms with Gasteiger partial charge in [0.15, 0.2) is 0 Å². The van der Waals surface area contributed by atoms with E-state index in [0.29, 0.717) is 46.5 Å². The molecule has 1 spiro atoms. The van der Waals surface area contributed by atoms with E-state index in [1.807, 2.05) is 35.2 Å². The molecule has 2 aromatic carbocycles. The number of nitrogens with zero attached hydrogens (tertiary/aromatic N) is 1. The average Bonchev–Trinajstić information content (AvgIpc) is 3.10. The normalized spacial score (nSPS) is 19.4. The first-order valence-electron chi connectivity index (χ1n) is 11.2. The van der Waals surface area contributed by atoms with E-state index in [-0.39, 0.29) is 11.9 Å². The number of hydrogen-bond acceptors (Lipinski definition) is 4. The van der Waals surface area contributed by atoms with Crippen LogP contribution in [0.15, 0.2) is 36.4 Å². The third-order valence-corrected chi connectivity index (χ3v) is 7.52. The molecular weight excluding hydrogens is 447 g/mol. The molecule has 2 aliphatic heterocycles. The number of likely N-dealkylation sites (tertiary alicyclic amines) is 1. The predicted molar refractivity (Wildman–Crippen MR) is 125 cm³/mol. The van der Waals surface area contributed by atoms with Crippen molar-refractivity contribution < 1.29 is 14.3 Å². The molecule has 3 aliphatic rings. The average molecular weight is 473 g/mol. The molecule has 1 aliphatic carbocycles. The summed E-state index contributed by atoms with van der Waals surface area (Å²) in [6.45, 7) is 1.66. The number of benzene rings is 2. The summed E-state index contributed by atoms with van der Waals surface area (Å²) in [5, 5.41) is 4.79. The first-order valence-corrected chi connectivity index (χ1v) is 12.0. The second-order valence-corrected chi connectivity index (χ2v) is 10.3. The van der Waals surface area contributed by atoms with E-state index in [0.717, 1.165) is 55.6 Å². The Morgan fingerprint density at radius 2 is 1.81 bits per heavy atom. The molecule has 2 aromatic rings. The quantitative estimate of drug-likeness (QED) is 0.475. The van der Waals surface area contributed by atoms with E-state index in [1.165, 1.54) is 0 Å². The number of halogens is 2. The third-order valence-electron chi connectivity index (χ3n) is 7.08. The minimum atomic E-state index is -0.183. The van der Waals surface area contributed by atoms with Crippen molar-refractivity contribution >= 4 is 40.8 Å². The molecule has 1 saturated heterocycles. The first kappa shape index (κ1) is 21.6. The van der Waals surface area contributed by atoms with Crippen molar-refractivity contribution in [2.45, 2.75) is 51.0 Å². The van der Waals surface area contributed by atoms with Crippen molar-refractivity contribution in [2.75, 3.05) is 18.4 Å². The van der Waals surface area contributed by atoms with Gasteiger partial charge in [0.05, 0.1) is 6.42 Å². The minimum absolute atomic E-state index is 0.183. The number of rotatable bonds is 5. The maximum atomic E-state index is 12.7. The number of nitrogens with one attached hydrogen (secondary N) is 1. The highest BCUT2D eigenvalue weighted by Crippen LogP contribution is 2.50. The molecule has 0 unspecified atom stereocenters. The standard InChI is InChI=1S/C25H26Cl2N2O3/c26-18-9-16(10-19(27)12-18)1-4-23(30)29-7-5-25(6-8-29)14-21(15-25)28-20-3-2-17-11-24(31)32-22(17)13-20/h2-3,9-10,12-13,21,28H,1,4-8,11,14-15H2. The van der Waals surface area contributed by atoms with E-state index in [4.69, 9.17) is 27.9 Å². The molecule has 0 bridgehead atoms. The fourth-order valence-electron chi connectivity index (χ4n) is 5.33. The lowest BCUT2D eigenvalue weighted by Gasteiger charge is -2.52. The summed E-state index contributed by atoms with van der Waals surface area (Å²) in [4.78, 5) is 26.1. The molecule has 1 saturated carbocycles. The Hall–Kier alpha value is -2.24. The van der Waals surface area contributed by atoms with E-state index in [2.05, 4.69) is 5.32 Å². The summed E-state index contributed by atoms with van der Waals surface area (Å²) in [5.74, 6) is 0.705. The van der Waals surface area contributed by atoms with Gasteiger partial charge in [-0.1, -0.05) is 29.3 Å². The van der Waals surface area contributed by atoms with E-state index in [9.17, 15) is 9.59 Å². The van der Waals surface area contributed by atoms with Gasteiger partial charge >= 0.3 is 5.97 Å². The number of carbonyl (C=O) groups excluding carboxylic acids is 2. The summed E-state index contributed by atoms with van der Waals surface area (Å²) >= 11 is 12.1. The van der Waals surface area contributed by atoms with Gasteiger partial charge in [0.2, 0.25) is 5.91 Å². The number of ether oxygens (including phenoxy) is 1. The minimum Gasteiger partial charge on any atom is -0.426 e. The second kappa shape index (κ2) is 8.60. The molecule has 5 rings (SSSR count). The van der Waals surface area contributed by atoms with Crippen LogP contribution in [0.4, 0.5) is 5.69 Å². The Morgan fingerprint density at radius 1 is 1.09 bits per heavy atom. The lowest BCUT2D eigenvalue weighted by molar-refractivity contribution is -0.134. The van der Waals surface area contributed by atoms with Gasteiger partial charge < -0.3 is 15.0 Å². The third kappa shape index (κ3) is 4.60. The van der Waals surface area contributed by atoms with Crippen LogP contribution in [0.5, 0.6) is 5.75 Å². The number of anilines is 1. The fraction of sp³-hybridized carbons (Fsp3) is 0.440. The van der Waals surface area contributed by atoms with E-state index >= 15 is 0 Å². The summed E-state index contributed by atoms with van der Waals surface area (Å²) in [5.41, 5.74) is 3.31. The van der Waals surface area contributed by atoms with Crippen molar-refractivity contribution in [3.05, 3.63) is 57.6 Å². The first-order chi connectivity index (χ1) is 15.4. The zero-order chi connectivity index (χ0) is 22.3. The number of fused-ring (bicyclic) bond motifs is 1. The van der Waals surface area contributed by atoms with Gasteiger partial charge in [-0.3, -0.25) is 9.59 Å². The van der Waals surface area contributed by atoms with Crippen molar-refractivity contribution in [2.24, 2.45) is 5.41 Å². The van der Waals surface area contributed by atoms with Gasteiger partial charge in [0.1, 0.15) is 5.75 Å². The summed E-state index contributed by atoms with van der Waals surface area (Å²) in [6.07, 6.45) is 5.85. The van der Waals surface area contributed by atoms with E-state index in [1.54, 1.807) is 6.07 Å². The Labute approximate surface area is 198 Å². The van der Waals surface area contributed by atoms with Gasteiger partial charge in [0, 0.05) is 52.9 Å². The van der Waals surface area contributed by atoms with E-state index < -0.39 is 0 Å². The zero-order valence-corrected chi connectivity index (χ0v) is 19.3. The summed E-state index contributed by atoms with van der Waals surface area (Å²) in [6, 6.07) is 11.8. The van der Waals surface area contributed by atoms with Crippen molar-refractivity contribution in [3.8, 4) is 5.75 Å². The molecule has 0 aromatic heterocycles. The number of amides is 1. The second-order valence-electron chi connectivity index (χ2n) is 9.38. The van der Waals surface area contributed by atoms with Crippen LogP contribution in [0.25, 0.3) is 0 Å². The fourth-order valence-corrected chi connectivity index (χ4v) is 5.90. The monoisotopic (exact) mass is 472 g/mol. The Morgan fingerprint density at radius 3 is 2.53 bits per heavy atom. The number of piperidine rings is 1. The van der Waals surface area contributed by atoms with Crippen molar-refractivity contribution in [1.29, 1.82) is 0 Å². The van der Waals surface area contributed by atoms with Crippen LogP contribution < -0.4 is 10.1 Å². The maximum absolute atomic E-state index is 12.7. The van der Waals surface area contributed by atoms with Gasteiger partial charge in [-0.05, 0) is 67.3 Å². The largest absolute Gasteiger partial charge is 0.426 e. The predicted octanol–water partition coefficient (Wildman–Crippen LogP) is 5.27. The highest BCUT2D eigenvalue weighted by Gasteiger charge is 2.46. The van der Waals surface area contributed by atoms with Gasteiger partial charge in [-0.25, -0.2) is 0 Å².